The first-order valence-electron chi connectivity index (χ1n) is 6.70. The van der Waals surface area contributed by atoms with E-state index in [4.69, 9.17) is 0 Å². The van der Waals surface area contributed by atoms with Crippen LogP contribution in [-0.2, 0) is 4.79 Å². The van der Waals surface area contributed by atoms with Gasteiger partial charge in [-0.3, -0.25) is 14.9 Å². The number of nitrogens with zero attached hydrogens (tertiary/aromatic N) is 1. The maximum atomic E-state index is 13.8. The van der Waals surface area contributed by atoms with Crippen LogP contribution in [0.2, 0.25) is 0 Å². The second kappa shape index (κ2) is 8.61. The van der Waals surface area contributed by atoms with Gasteiger partial charge < -0.3 is 5.11 Å². The Labute approximate surface area is 126 Å². The van der Waals surface area contributed by atoms with Crippen molar-refractivity contribution < 1.29 is 19.2 Å². The number of carboxylic acids is 1. The van der Waals surface area contributed by atoms with Gasteiger partial charge in [0.25, 0.3) is 0 Å². The number of carbonyl (C=O) groups is 1. The van der Waals surface area contributed by atoms with E-state index in [2.05, 4.69) is 0 Å². The van der Waals surface area contributed by atoms with Crippen LogP contribution in [0.4, 0.5) is 4.39 Å². The van der Waals surface area contributed by atoms with Crippen LogP contribution in [0.25, 0.3) is 0 Å². The van der Waals surface area contributed by atoms with Crippen molar-refractivity contribution in [1.82, 2.24) is 0 Å². The third kappa shape index (κ3) is 5.71. The van der Waals surface area contributed by atoms with E-state index in [-0.39, 0.29) is 5.56 Å². The Morgan fingerprint density at radius 1 is 1.48 bits per heavy atom. The fourth-order valence-corrected chi connectivity index (χ4v) is 3.29. The number of aliphatic carboxylic acids is 1. The number of unbranched alkanes of at least 4 members (excludes halogenated alkanes) is 1. The monoisotopic (exact) mass is 315 g/mol. The fourth-order valence-electron chi connectivity index (χ4n) is 1.92. The van der Waals surface area contributed by atoms with E-state index in [1.807, 2.05) is 6.92 Å². The second-order valence-electron chi connectivity index (χ2n) is 4.63. The highest BCUT2D eigenvalue weighted by molar-refractivity contribution is 8.00. The lowest BCUT2D eigenvalue weighted by molar-refractivity contribution is -0.479. The maximum Gasteiger partial charge on any atom is 0.316 e. The molecule has 0 radical (unpaired) electrons. The Bertz CT molecular complexity index is 498. The Morgan fingerprint density at radius 3 is 2.67 bits per heavy atom. The first-order valence-corrected chi connectivity index (χ1v) is 7.64. The normalized spacial score (nSPS) is 13.6. The van der Waals surface area contributed by atoms with Crippen molar-refractivity contribution in [3.8, 4) is 0 Å². The summed E-state index contributed by atoms with van der Waals surface area (Å²) in [5, 5.41) is 18.4. The molecule has 5 nitrogen and oxygen atoms in total. The summed E-state index contributed by atoms with van der Waals surface area (Å²) in [7, 11) is 0. The predicted octanol–water partition coefficient (Wildman–Crippen LogP) is 3.52. The van der Waals surface area contributed by atoms with Crippen molar-refractivity contribution in [2.24, 2.45) is 0 Å². The molecule has 0 saturated carbocycles. The van der Waals surface area contributed by atoms with Gasteiger partial charge in [0, 0.05) is 10.5 Å². The number of nitro groups is 1. The standard InChI is InChI=1S/C14H18FNO4S/c1-2-3-8-12(14(17)18)21-13(9-16(19)20)10-6-4-5-7-11(10)15/h4-7,12-13H,2-3,8-9H2,1H3,(H,17,18). The van der Waals surface area contributed by atoms with Gasteiger partial charge in [-0.15, -0.1) is 11.8 Å². The smallest absolute Gasteiger partial charge is 0.316 e. The van der Waals surface area contributed by atoms with Crippen LogP contribution < -0.4 is 0 Å². The summed E-state index contributed by atoms with van der Waals surface area (Å²) < 4.78 is 13.8. The average molecular weight is 315 g/mol. The van der Waals surface area contributed by atoms with Gasteiger partial charge in [0.15, 0.2) is 0 Å². The molecule has 0 saturated heterocycles. The summed E-state index contributed by atoms with van der Waals surface area (Å²) in [5.74, 6) is -1.56. The highest BCUT2D eigenvalue weighted by Crippen LogP contribution is 2.35. The Balaban J connectivity index is 2.94. The molecule has 0 spiro atoms. The van der Waals surface area contributed by atoms with Crippen LogP contribution in [0.15, 0.2) is 24.3 Å². The van der Waals surface area contributed by atoms with Gasteiger partial charge in [-0.25, -0.2) is 4.39 Å². The van der Waals surface area contributed by atoms with Crippen LogP contribution in [-0.4, -0.2) is 27.8 Å². The quantitative estimate of drug-likeness (QED) is 0.557. The minimum Gasteiger partial charge on any atom is -0.480 e. The molecule has 116 valence electrons. The molecular formula is C14H18FNO4S. The SMILES string of the molecule is CCCCC(SC(C[N+](=O)[O-])c1ccccc1F)C(=O)O. The van der Waals surface area contributed by atoms with E-state index >= 15 is 0 Å². The number of hydrogen-bond acceptors (Lipinski definition) is 4. The van der Waals surface area contributed by atoms with Crippen molar-refractivity contribution in [2.75, 3.05) is 6.54 Å². The number of carboxylic acid groups (broad SMARTS) is 1. The zero-order valence-electron chi connectivity index (χ0n) is 11.7. The molecule has 1 aromatic rings. The highest BCUT2D eigenvalue weighted by Gasteiger charge is 2.28. The molecule has 0 aliphatic rings. The van der Waals surface area contributed by atoms with Gasteiger partial charge in [-0.2, -0.15) is 0 Å². The van der Waals surface area contributed by atoms with Gasteiger partial charge in [0.2, 0.25) is 6.54 Å². The van der Waals surface area contributed by atoms with Crippen molar-refractivity contribution in [3.05, 3.63) is 45.8 Å². The van der Waals surface area contributed by atoms with Crippen LogP contribution in [0, 0.1) is 15.9 Å². The highest BCUT2D eigenvalue weighted by atomic mass is 32.2. The molecule has 2 unspecified atom stereocenters. The van der Waals surface area contributed by atoms with E-state index < -0.39 is 33.8 Å². The number of rotatable bonds is 9. The molecule has 1 rings (SSSR count). The van der Waals surface area contributed by atoms with Crippen LogP contribution in [0.3, 0.4) is 0 Å². The van der Waals surface area contributed by atoms with Crippen LogP contribution >= 0.6 is 11.8 Å². The van der Waals surface area contributed by atoms with Gasteiger partial charge in [0.1, 0.15) is 11.1 Å². The van der Waals surface area contributed by atoms with E-state index in [1.165, 1.54) is 18.2 Å². The fraction of sp³-hybridized carbons (Fsp3) is 0.500. The van der Waals surface area contributed by atoms with Gasteiger partial charge in [0.05, 0.1) is 5.25 Å². The van der Waals surface area contributed by atoms with Crippen molar-refractivity contribution in [2.45, 2.75) is 36.7 Å². The van der Waals surface area contributed by atoms with Gasteiger partial charge >= 0.3 is 5.97 Å². The molecule has 0 aliphatic carbocycles. The molecule has 2 atom stereocenters. The summed E-state index contributed by atoms with van der Waals surface area (Å²) in [6, 6.07) is 5.78. The molecule has 0 aliphatic heterocycles. The minimum atomic E-state index is -1.02. The second-order valence-corrected chi connectivity index (χ2v) is 6.04. The molecular weight excluding hydrogens is 297 g/mol. The minimum absolute atomic E-state index is 0.182. The van der Waals surface area contributed by atoms with E-state index in [0.717, 1.165) is 18.2 Å². The lowest BCUT2D eigenvalue weighted by atomic mass is 10.1. The summed E-state index contributed by atoms with van der Waals surface area (Å²) in [6.07, 6.45) is 1.97. The van der Waals surface area contributed by atoms with Crippen molar-refractivity contribution >= 4 is 17.7 Å². The Hall–Kier alpha value is -1.63. The van der Waals surface area contributed by atoms with Gasteiger partial charge in [-0.05, 0) is 12.5 Å². The van der Waals surface area contributed by atoms with Crippen molar-refractivity contribution in [3.63, 3.8) is 0 Å². The third-order valence-corrected chi connectivity index (χ3v) is 4.49. The largest absolute Gasteiger partial charge is 0.480 e. The Morgan fingerprint density at radius 2 is 2.14 bits per heavy atom. The number of benzene rings is 1. The molecule has 1 N–H and O–H groups in total. The molecule has 1 aromatic carbocycles. The first-order chi connectivity index (χ1) is 9.95. The number of halogens is 1. The van der Waals surface area contributed by atoms with Crippen molar-refractivity contribution in [1.29, 1.82) is 0 Å². The Kier molecular flexibility index (Phi) is 7.14. The van der Waals surface area contributed by atoms with E-state index in [9.17, 15) is 24.4 Å². The van der Waals surface area contributed by atoms with Crippen LogP contribution in [0.5, 0.6) is 0 Å². The molecule has 0 amide bonds. The molecule has 0 fully saturated rings. The third-order valence-electron chi connectivity index (χ3n) is 2.99. The summed E-state index contributed by atoms with van der Waals surface area (Å²) in [6.45, 7) is 1.44. The van der Waals surface area contributed by atoms with E-state index in [0.29, 0.717) is 12.8 Å². The topological polar surface area (TPSA) is 80.4 Å². The molecule has 0 heterocycles. The lowest BCUT2D eigenvalue weighted by Crippen LogP contribution is -2.21. The predicted molar refractivity (Wildman–Crippen MR) is 79.5 cm³/mol. The molecule has 0 bridgehead atoms. The van der Waals surface area contributed by atoms with E-state index in [1.54, 1.807) is 6.07 Å². The summed E-state index contributed by atoms with van der Waals surface area (Å²) in [5.41, 5.74) is 0.182. The summed E-state index contributed by atoms with van der Waals surface area (Å²) in [4.78, 5) is 21.5. The zero-order valence-corrected chi connectivity index (χ0v) is 12.5. The zero-order chi connectivity index (χ0) is 15.8. The average Bonchev–Trinajstić information content (AvgIpc) is 2.42. The molecule has 7 heteroatoms. The van der Waals surface area contributed by atoms with Crippen LogP contribution in [0.1, 0.15) is 37.0 Å². The van der Waals surface area contributed by atoms with Gasteiger partial charge in [-0.1, -0.05) is 38.0 Å². The molecule has 21 heavy (non-hydrogen) atoms. The molecule has 0 aromatic heterocycles. The maximum absolute atomic E-state index is 13.8. The number of thioether (sulfide) groups is 1. The number of hydrogen-bond donors (Lipinski definition) is 1. The lowest BCUT2D eigenvalue weighted by Gasteiger charge is -2.18. The summed E-state index contributed by atoms with van der Waals surface area (Å²) >= 11 is 0.952. The first kappa shape index (κ1) is 17.4.